The fraction of sp³-hybridized carbons (Fsp3) is 0.250. The first-order valence-corrected chi connectivity index (χ1v) is 8.29. The molecule has 1 aliphatic rings. The van der Waals surface area contributed by atoms with Crippen molar-refractivity contribution in [2.45, 2.75) is 22.8 Å². The molecule has 3 nitrogen and oxygen atoms in total. The molecule has 0 saturated heterocycles. The maximum atomic E-state index is 9.65. The third kappa shape index (κ3) is 3.36. The molecule has 0 aromatic heterocycles. The minimum Gasteiger partial charge on any atom is -0.486 e. The maximum absolute atomic E-state index is 9.65. The van der Waals surface area contributed by atoms with Gasteiger partial charge in [0.25, 0.3) is 0 Å². The SMILES string of the molecule is C[C@H](O)c1ccc(Sc2ccc3c(c2)OCCO3)cc1Br. The summed E-state index contributed by atoms with van der Waals surface area (Å²) in [6.07, 6.45) is -0.479. The molecule has 21 heavy (non-hydrogen) atoms. The van der Waals surface area contributed by atoms with Crippen LogP contribution in [-0.4, -0.2) is 18.3 Å². The van der Waals surface area contributed by atoms with Gasteiger partial charge < -0.3 is 14.6 Å². The highest BCUT2D eigenvalue weighted by atomic mass is 79.9. The highest BCUT2D eigenvalue weighted by molar-refractivity contribution is 9.10. The van der Waals surface area contributed by atoms with E-state index in [-0.39, 0.29) is 0 Å². The Morgan fingerprint density at radius 2 is 1.71 bits per heavy atom. The number of benzene rings is 2. The minimum absolute atomic E-state index is 0.479. The second kappa shape index (κ2) is 6.30. The Bertz CT molecular complexity index is 658. The smallest absolute Gasteiger partial charge is 0.162 e. The molecule has 0 aliphatic carbocycles. The van der Waals surface area contributed by atoms with Crippen LogP contribution in [0.3, 0.4) is 0 Å². The van der Waals surface area contributed by atoms with Crippen molar-refractivity contribution in [1.29, 1.82) is 0 Å². The lowest BCUT2D eigenvalue weighted by Crippen LogP contribution is -2.15. The van der Waals surface area contributed by atoms with E-state index in [1.807, 2.05) is 36.4 Å². The highest BCUT2D eigenvalue weighted by Crippen LogP contribution is 2.38. The van der Waals surface area contributed by atoms with Crippen molar-refractivity contribution in [2.75, 3.05) is 13.2 Å². The Morgan fingerprint density at radius 1 is 1.05 bits per heavy atom. The first kappa shape index (κ1) is 14.8. The number of fused-ring (bicyclic) bond motifs is 1. The molecule has 3 rings (SSSR count). The number of rotatable bonds is 3. The van der Waals surface area contributed by atoms with Crippen molar-refractivity contribution in [3.8, 4) is 11.5 Å². The first-order chi connectivity index (χ1) is 10.1. The molecule has 2 aromatic rings. The molecule has 0 bridgehead atoms. The molecular weight excluding hydrogens is 352 g/mol. The van der Waals surface area contributed by atoms with Gasteiger partial charge in [0.05, 0.1) is 6.10 Å². The van der Waals surface area contributed by atoms with Crippen LogP contribution in [0.1, 0.15) is 18.6 Å². The van der Waals surface area contributed by atoms with E-state index in [2.05, 4.69) is 15.9 Å². The topological polar surface area (TPSA) is 38.7 Å². The van der Waals surface area contributed by atoms with Gasteiger partial charge in [-0.25, -0.2) is 0 Å². The van der Waals surface area contributed by atoms with Crippen LogP contribution in [0, 0.1) is 0 Å². The van der Waals surface area contributed by atoms with Crippen LogP contribution in [0.25, 0.3) is 0 Å². The summed E-state index contributed by atoms with van der Waals surface area (Å²) in [5.74, 6) is 1.60. The Morgan fingerprint density at radius 3 is 2.43 bits per heavy atom. The summed E-state index contributed by atoms with van der Waals surface area (Å²) in [5, 5.41) is 9.65. The Balaban J connectivity index is 1.82. The van der Waals surface area contributed by atoms with E-state index >= 15 is 0 Å². The number of aliphatic hydroxyl groups is 1. The predicted molar refractivity (Wildman–Crippen MR) is 86.3 cm³/mol. The van der Waals surface area contributed by atoms with Gasteiger partial charge in [-0.15, -0.1) is 0 Å². The largest absolute Gasteiger partial charge is 0.486 e. The second-order valence-electron chi connectivity index (χ2n) is 4.77. The molecule has 1 N–H and O–H groups in total. The van der Waals surface area contributed by atoms with E-state index in [9.17, 15) is 5.11 Å². The number of hydrogen-bond acceptors (Lipinski definition) is 4. The van der Waals surface area contributed by atoms with Gasteiger partial charge in [0.1, 0.15) is 13.2 Å². The van der Waals surface area contributed by atoms with E-state index in [0.717, 1.165) is 31.3 Å². The second-order valence-corrected chi connectivity index (χ2v) is 6.77. The lowest BCUT2D eigenvalue weighted by Gasteiger charge is -2.18. The van der Waals surface area contributed by atoms with Crippen molar-refractivity contribution in [2.24, 2.45) is 0 Å². The summed E-state index contributed by atoms with van der Waals surface area (Å²) in [7, 11) is 0. The molecule has 110 valence electrons. The zero-order valence-electron chi connectivity index (χ0n) is 11.5. The molecule has 0 fully saturated rings. The summed E-state index contributed by atoms with van der Waals surface area (Å²) in [6.45, 7) is 2.96. The van der Waals surface area contributed by atoms with Gasteiger partial charge in [-0.3, -0.25) is 0 Å². The molecule has 0 spiro atoms. The fourth-order valence-electron chi connectivity index (χ4n) is 2.13. The van der Waals surface area contributed by atoms with E-state index in [1.165, 1.54) is 0 Å². The van der Waals surface area contributed by atoms with Gasteiger partial charge in [0.15, 0.2) is 11.5 Å². The van der Waals surface area contributed by atoms with Gasteiger partial charge in [-0.2, -0.15) is 0 Å². The molecule has 0 saturated carbocycles. The van der Waals surface area contributed by atoms with Crippen molar-refractivity contribution in [3.63, 3.8) is 0 Å². The number of aliphatic hydroxyl groups excluding tert-OH is 1. The molecule has 0 radical (unpaired) electrons. The molecule has 2 aromatic carbocycles. The molecule has 5 heteroatoms. The first-order valence-electron chi connectivity index (χ1n) is 6.68. The number of hydrogen-bond donors (Lipinski definition) is 1. The van der Waals surface area contributed by atoms with E-state index < -0.39 is 6.10 Å². The van der Waals surface area contributed by atoms with E-state index in [0.29, 0.717) is 13.2 Å². The summed E-state index contributed by atoms with van der Waals surface area (Å²) >= 11 is 5.15. The van der Waals surface area contributed by atoms with E-state index in [4.69, 9.17) is 9.47 Å². The average molecular weight is 367 g/mol. The molecule has 0 unspecified atom stereocenters. The fourth-order valence-corrected chi connectivity index (χ4v) is 3.88. The van der Waals surface area contributed by atoms with Crippen LogP contribution in [0.15, 0.2) is 50.7 Å². The summed E-state index contributed by atoms with van der Waals surface area (Å²) in [4.78, 5) is 2.19. The summed E-state index contributed by atoms with van der Waals surface area (Å²) < 4.78 is 12.0. The van der Waals surface area contributed by atoms with Gasteiger partial charge in [0, 0.05) is 14.3 Å². The van der Waals surface area contributed by atoms with Crippen LogP contribution in [-0.2, 0) is 0 Å². The average Bonchev–Trinajstić information content (AvgIpc) is 2.47. The molecule has 1 heterocycles. The standard InChI is InChI=1S/C16H15BrO3S/c1-10(18)13-4-2-11(8-14(13)17)21-12-3-5-15-16(9-12)20-7-6-19-15/h2-5,8-10,18H,6-7H2,1H3/t10-/m0/s1. The predicted octanol–water partition coefficient (Wildman–Crippen LogP) is 4.42. The third-order valence-corrected chi connectivity index (χ3v) is 4.84. The van der Waals surface area contributed by atoms with Crippen molar-refractivity contribution < 1.29 is 14.6 Å². The highest BCUT2D eigenvalue weighted by Gasteiger charge is 2.13. The molecule has 1 atom stereocenters. The van der Waals surface area contributed by atoms with Crippen LogP contribution in [0.2, 0.25) is 0 Å². The lowest BCUT2D eigenvalue weighted by atomic mass is 10.1. The third-order valence-electron chi connectivity index (χ3n) is 3.17. The maximum Gasteiger partial charge on any atom is 0.162 e. The Kier molecular flexibility index (Phi) is 4.42. The normalized spacial score (nSPS) is 14.8. The monoisotopic (exact) mass is 366 g/mol. The van der Waals surface area contributed by atoms with Gasteiger partial charge in [-0.05, 0) is 42.8 Å². The van der Waals surface area contributed by atoms with Gasteiger partial charge in [-0.1, -0.05) is 33.8 Å². The number of ether oxygens (including phenoxy) is 2. The Hall–Kier alpha value is -1.17. The van der Waals surface area contributed by atoms with Crippen molar-refractivity contribution in [3.05, 3.63) is 46.4 Å². The minimum atomic E-state index is -0.479. The van der Waals surface area contributed by atoms with Gasteiger partial charge >= 0.3 is 0 Å². The Labute approximate surface area is 136 Å². The van der Waals surface area contributed by atoms with E-state index in [1.54, 1.807) is 18.7 Å². The zero-order valence-corrected chi connectivity index (χ0v) is 13.9. The summed E-state index contributed by atoms with van der Waals surface area (Å²) in [5.41, 5.74) is 0.890. The summed E-state index contributed by atoms with van der Waals surface area (Å²) in [6, 6.07) is 11.9. The van der Waals surface area contributed by atoms with Crippen LogP contribution in [0.5, 0.6) is 11.5 Å². The zero-order chi connectivity index (χ0) is 14.8. The number of halogens is 1. The lowest BCUT2D eigenvalue weighted by molar-refractivity contribution is 0.171. The van der Waals surface area contributed by atoms with Crippen LogP contribution < -0.4 is 9.47 Å². The van der Waals surface area contributed by atoms with Gasteiger partial charge in [0.2, 0.25) is 0 Å². The van der Waals surface area contributed by atoms with Crippen LogP contribution >= 0.6 is 27.7 Å². The molecule has 0 amide bonds. The van der Waals surface area contributed by atoms with Crippen LogP contribution in [0.4, 0.5) is 0 Å². The van der Waals surface area contributed by atoms with Crippen molar-refractivity contribution in [1.82, 2.24) is 0 Å². The quantitative estimate of drug-likeness (QED) is 0.872. The molecular formula is C16H15BrO3S. The van der Waals surface area contributed by atoms with Crippen molar-refractivity contribution >= 4 is 27.7 Å². The molecule has 1 aliphatic heterocycles.